The topological polar surface area (TPSA) is 46.9 Å². The molecule has 0 spiro atoms. The van der Waals surface area contributed by atoms with Gasteiger partial charge in [-0.25, -0.2) is 4.98 Å². The fraction of sp³-hybridized carbons (Fsp3) is 0.286. The predicted molar refractivity (Wildman–Crippen MR) is 72.3 cm³/mol. The number of fused-ring (bicyclic) bond motifs is 1. The van der Waals surface area contributed by atoms with Gasteiger partial charge in [-0.3, -0.25) is 4.79 Å². The lowest BCUT2D eigenvalue weighted by Gasteiger charge is -2.07. The summed E-state index contributed by atoms with van der Waals surface area (Å²) in [6, 6.07) is 8.02. The SMILES string of the molecule is C/C=C/C(=O)NCCn1c(C)nc2ccccc21. The Hall–Kier alpha value is -2.10. The quantitative estimate of drug-likeness (QED) is 0.835. The van der Waals surface area contributed by atoms with Gasteiger partial charge in [-0.1, -0.05) is 18.2 Å². The summed E-state index contributed by atoms with van der Waals surface area (Å²) in [5.41, 5.74) is 2.10. The van der Waals surface area contributed by atoms with E-state index in [1.807, 2.05) is 38.1 Å². The number of amides is 1. The number of hydrogen-bond acceptors (Lipinski definition) is 2. The fourth-order valence-electron chi connectivity index (χ4n) is 1.98. The maximum absolute atomic E-state index is 11.3. The Kier molecular flexibility index (Phi) is 3.77. The first-order valence-corrected chi connectivity index (χ1v) is 6.05. The zero-order valence-electron chi connectivity index (χ0n) is 10.7. The average molecular weight is 243 g/mol. The summed E-state index contributed by atoms with van der Waals surface area (Å²) in [5, 5.41) is 2.84. The average Bonchev–Trinajstić information content (AvgIpc) is 2.66. The molecule has 18 heavy (non-hydrogen) atoms. The van der Waals surface area contributed by atoms with Crippen molar-refractivity contribution in [2.24, 2.45) is 0 Å². The van der Waals surface area contributed by atoms with E-state index in [0.717, 1.165) is 23.4 Å². The number of aromatic nitrogens is 2. The minimum atomic E-state index is -0.0560. The van der Waals surface area contributed by atoms with Crippen molar-refractivity contribution in [1.29, 1.82) is 0 Å². The van der Waals surface area contributed by atoms with Crippen molar-refractivity contribution >= 4 is 16.9 Å². The van der Waals surface area contributed by atoms with Crippen LogP contribution in [0.4, 0.5) is 0 Å². The molecule has 0 fully saturated rings. The van der Waals surface area contributed by atoms with E-state index in [2.05, 4.69) is 14.9 Å². The van der Waals surface area contributed by atoms with Crippen molar-refractivity contribution in [1.82, 2.24) is 14.9 Å². The van der Waals surface area contributed by atoms with Gasteiger partial charge in [0.15, 0.2) is 0 Å². The number of rotatable bonds is 4. The summed E-state index contributed by atoms with van der Waals surface area (Å²) in [5.74, 6) is 0.913. The Labute approximate surface area is 106 Å². The number of imidazole rings is 1. The van der Waals surface area contributed by atoms with Gasteiger partial charge in [0.1, 0.15) is 5.82 Å². The van der Waals surface area contributed by atoms with Crippen LogP contribution < -0.4 is 5.32 Å². The molecule has 94 valence electrons. The van der Waals surface area contributed by atoms with Crippen LogP contribution in [0.15, 0.2) is 36.4 Å². The van der Waals surface area contributed by atoms with E-state index in [9.17, 15) is 4.79 Å². The largest absolute Gasteiger partial charge is 0.351 e. The van der Waals surface area contributed by atoms with E-state index in [4.69, 9.17) is 0 Å². The molecule has 0 aliphatic rings. The summed E-state index contributed by atoms with van der Waals surface area (Å²) >= 11 is 0. The van der Waals surface area contributed by atoms with Crippen molar-refractivity contribution in [3.8, 4) is 0 Å². The summed E-state index contributed by atoms with van der Waals surface area (Å²) in [4.78, 5) is 15.8. The maximum atomic E-state index is 11.3. The molecule has 0 aliphatic carbocycles. The molecule has 0 unspecified atom stereocenters. The third-order valence-electron chi connectivity index (χ3n) is 2.80. The molecule has 1 aromatic carbocycles. The van der Waals surface area contributed by atoms with Crippen LogP contribution in [0.2, 0.25) is 0 Å². The van der Waals surface area contributed by atoms with Crippen LogP contribution in [-0.4, -0.2) is 22.0 Å². The molecule has 0 saturated carbocycles. The van der Waals surface area contributed by atoms with Crippen LogP contribution >= 0.6 is 0 Å². The number of carbonyl (C=O) groups is 1. The summed E-state index contributed by atoms with van der Waals surface area (Å²) in [6.45, 7) is 5.14. The Morgan fingerprint density at radius 1 is 1.44 bits per heavy atom. The zero-order valence-corrected chi connectivity index (χ0v) is 10.7. The van der Waals surface area contributed by atoms with Gasteiger partial charge >= 0.3 is 0 Å². The molecule has 1 amide bonds. The Bertz CT molecular complexity index is 584. The number of nitrogens with one attached hydrogen (secondary N) is 1. The summed E-state index contributed by atoms with van der Waals surface area (Å²) < 4.78 is 2.12. The molecular weight excluding hydrogens is 226 g/mol. The first-order valence-electron chi connectivity index (χ1n) is 6.05. The van der Waals surface area contributed by atoms with Gasteiger partial charge in [0.2, 0.25) is 5.91 Å². The molecule has 0 aliphatic heterocycles. The molecule has 0 radical (unpaired) electrons. The van der Waals surface area contributed by atoms with Gasteiger partial charge in [0, 0.05) is 13.1 Å². The van der Waals surface area contributed by atoms with Gasteiger partial charge in [-0.15, -0.1) is 0 Å². The minimum absolute atomic E-state index is 0.0560. The highest BCUT2D eigenvalue weighted by Gasteiger charge is 2.05. The minimum Gasteiger partial charge on any atom is -0.351 e. The monoisotopic (exact) mass is 243 g/mol. The smallest absolute Gasteiger partial charge is 0.243 e. The van der Waals surface area contributed by atoms with Gasteiger partial charge in [0.05, 0.1) is 11.0 Å². The maximum Gasteiger partial charge on any atom is 0.243 e. The number of carbonyl (C=O) groups excluding carboxylic acids is 1. The molecule has 1 N–H and O–H groups in total. The molecule has 0 saturated heterocycles. The highest BCUT2D eigenvalue weighted by molar-refractivity contribution is 5.87. The number of para-hydroxylation sites is 2. The lowest BCUT2D eigenvalue weighted by Crippen LogP contribution is -2.25. The zero-order chi connectivity index (χ0) is 13.0. The molecule has 2 aromatic rings. The van der Waals surface area contributed by atoms with E-state index in [0.29, 0.717) is 6.54 Å². The second-order valence-electron chi connectivity index (χ2n) is 4.09. The molecule has 4 heteroatoms. The second-order valence-corrected chi connectivity index (χ2v) is 4.09. The van der Waals surface area contributed by atoms with E-state index in [1.54, 1.807) is 6.08 Å². The molecule has 1 aromatic heterocycles. The lowest BCUT2D eigenvalue weighted by atomic mass is 10.3. The number of nitrogens with zero attached hydrogens (tertiary/aromatic N) is 2. The van der Waals surface area contributed by atoms with Gasteiger partial charge in [0.25, 0.3) is 0 Å². The normalized spacial score (nSPS) is 11.2. The Morgan fingerprint density at radius 3 is 3.00 bits per heavy atom. The number of allylic oxidation sites excluding steroid dienone is 1. The third-order valence-corrected chi connectivity index (χ3v) is 2.80. The molecule has 1 heterocycles. The van der Waals surface area contributed by atoms with Crippen molar-refractivity contribution in [2.45, 2.75) is 20.4 Å². The van der Waals surface area contributed by atoms with E-state index in [1.165, 1.54) is 6.08 Å². The second kappa shape index (κ2) is 5.49. The molecular formula is C14H17N3O. The molecule has 4 nitrogen and oxygen atoms in total. The number of hydrogen-bond donors (Lipinski definition) is 1. The lowest BCUT2D eigenvalue weighted by molar-refractivity contribution is -0.116. The van der Waals surface area contributed by atoms with Gasteiger partial charge in [-0.2, -0.15) is 0 Å². The Balaban J connectivity index is 2.08. The van der Waals surface area contributed by atoms with Crippen LogP contribution in [0, 0.1) is 6.92 Å². The van der Waals surface area contributed by atoms with E-state index in [-0.39, 0.29) is 5.91 Å². The van der Waals surface area contributed by atoms with Crippen molar-refractivity contribution in [2.75, 3.05) is 6.54 Å². The standard InChI is InChI=1S/C14H17N3O/c1-3-6-14(18)15-9-10-17-11(2)16-12-7-4-5-8-13(12)17/h3-8H,9-10H2,1-2H3,(H,15,18)/b6-3+. The number of benzene rings is 1. The fourth-order valence-corrected chi connectivity index (χ4v) is 1.98. The van der Waals surface area contributed by atoms with Crippen molar-refractivity contribution < 1.29 is 4.79 Å². The molecule has 0 atom stereocenters. The van der Waals surface area contributed by atoms with E-state index < -0.39 is 0 Å². The first kappa shape index (κ1) is 12.4. The summed E-state index contributed by atoms with van der Waals surface area (Å²) in [7, 11) is 0. The summed E-state index contributed by atoms with van der Waals surface area (Å²) in [6.07, 6.45) is 3.26. The predicted octanol–water partition coefficient (Wildman–Crippen LogP) is 2.04. The molecule has 0 bridgehead atoms. The highest BCUT2D eigenvalue weighted by Crippen LogP contribution is 2.14. The Morgan fingerprint density at radius 2 is 2.22 bits per heavy atom. The van der Waals surface area contributed by atoms with Crippen LogP contribution in [0.3, 0.4) is 0 Å². The van der Waals surface area contributed by atoms with Crippen LogP contribution in [0.25, 0.3) is 11.0 Å². The van der Waals surface area contributed by atoms with Crippen molar-refractivity contribution in [3.05, 3.63) is 42.2 Å². The van der Waals surface area contributed by atoms with Crippen LogP contribution in [-0.2, 0) is 11.3 Å². The molecule has 2 rings (SSSR count). The van der Waals surface area contributed by atoms with Crippen LogP contribution in [0.5, 0.6) is 0 Å². The van der Waals surface area contributed by atoms with Gasteiger partial charge in [-0.05, 0) is 32.1 Å². The van der Waals surface area contributed by atoms with Crippen LogP contribution in [0.1, 0.15) is 12.7 Å². The van der Waals surface area contributed by atoms with E-state index >= 15 is 0 Å². The number of aryl methyl sites for hydroxylation is 1. The third kappa shape index (κ3) is 2.59. The van der Waals surface area contributed by atoms with Gasteiger partial charge < -0.3 is 9.88 Å². The van der Waals surface area contributed by atoms with Crippen molar-refractivity contribution in [3.63, 3.8) is 0 Å². The highest BCUT2D eigenvalue weighted by atomic mass is 16.1. The first-order chi connectivity index (χ1) is 8.72.